The van der Waals surface area contributed by atoms with Gasteiger partial charge in [0.1, 0.15) is 18.1 Å². The number of amides is 5. The average Bonchev–Trinajstić information content (AvgIpc) is 3.40. The molecule has 1 aliphatic heterocycles. The van der Waals surface area contributed by atoms with Crippen molar-refractivity contribution in [2.24, 2.45) is 5.92 Å². The van der Waals surface area contributed by atoms with Crippen LogP contribution < -0.4 is 15.4 Å². The molecule has 2 atom stereocenters. The maximum Gasteiger partial charge on any atom is 0.327 e. The van der Waals surface area contributed by atoms with Gasteiger partial charge < -0.3 is 24.7 Å². The lowest BCUT2D eigenvalue weighted by molar-refractivity contribution is -0.142. The fourth-order valence-electron chi connectivity index (χ4n) is 4.81. The zero-order valence-electron chi connectivity index (χ0n) is 20.4. The van der Waals surface area contributed by atoms with Crippen molar-refractivity contribution in [3.63, 3.8) is 0 Å². The Morgan fingerprint density at radius 1 is 1.08 bits per heavy atom. The largest absolute Gasteiger partial charge is 0.494 e. The van der Waals surface area contributed by atoms with Crippen molar-refractivity contribution >= 4 is 29.4 Å². The second-order valence-electron chi connectivity index (χ2n) is 8.97. The predicted octanol–water partition coefficient (Wildman–Crippen LogP) is 3.15. The lowest BCUT2D eigenvalue weighted by atomic mass is 9.81. The third-order valence-electron chi connectivity index (χ3n) is 6.56. The molecular formula is C26H32N4O6. The number of ether oxygens (including phenoxy) is 1. The highest BCUT2D eigenvalue weighted by molar-refractivity contribution is 6.01. The van der Waals surface area contributed by atoms with E-state index in [9.17, 15) is 19.2 Å². The molecule has 192 valence electrons. The molecule has 1 saturated heterocycles. The number of benzene rings is 1. The highest BCUT2D eigenvalue weighted by atomic mass is 16.5. The molecule has 0 radical (unpaired) electrons. The first-order chi connectivity index (χ1) is 17.5. The summed E-state index contributed by atoms with van der Waals surface area (Å²) in [6, 6.07) is 9.64. The van der Waals surface area contributed by atoms with Crippen LogP contribution in [-0.4, -0.2) is 59.3 Å². The lowest BCUT2D eigenvalue weighted by Gasteiger charge is -2.46. The Labute approximate surface area is 209 Å². The Morgan fingerprint density at radius 2 is 1.86 bits per heavy atom. The van der Waals surface area contributed by atoms with E-state index in [1.54, 1.807) is 36.4 Å². The van der Waals surface area contributed by atoms with E-state index in [1.807, 2.05) is 6.92 Å². The van der Waals surface area contributed by atoms with E-state index in [0.29, 0.717) is 36.6 Å². The van der Waals surface area contributed by atoms with E-state index < -0.39 is 6.03 Å². The number of hydrogen-bond donors (Lipinski definition) is 2. The van der Waals surface area contributed by atoms with E-state index in [0.717, 1.165) is 17.7 Å². The minimum absolute atomic E-state index is 0.0260. The average molecular weight is 497 g/mol. The van der Waals surface area contributed by atoms with Gasteiger partial charge in [-0.3, -0.25) is 19.3 Å². The number of fused-ring (bicyclic) bond motifs is 1. The zero-order valence-corrected chi connectivity index (χ0v) is 20.4. The van der Waals surface area contributed by atoms with Crippen LogP contribution in [0.4, 0.5) is 10.5 Å². The van der Waals surface area contributed by atoms with Crippen LogP contribution in [0.1, 0.15) is 44.8 Å². The summed E-state index contributed by atoms with van der Waals surface area (Å²) in [7, 11) is 0. The second kappa shape index (κ2) is 11.7. The Hall–Kier alpha value is -3.82. The molecule has 2 fully saturated rings. The summed E-state index contributed by atoms with van der Waals surface area (Å²) < 4.78 is 10.6. The molecular weight excluding hydrogens is 464 g/mol. The summed E-state index contributed by atoms with van der Waals surface area (Å²) >= 11 is 0. The van der Waals surface area contributed by atoms with Gasteiger partial charge in [-0.15, -0.1) is 0 Å². The van der Waals surface area contributed by atoms with Crippen molar-refractivity contribution in [1.82, 2.24) is 15.1 Å². The molecule has 2 aliphatic rings. The summed E-state index contributed by atoms with van der Waals surface area (Å²) in [5.41, 5.74) is 0.592. The van der Waals surface area contributed by atoms with Crippen molar-refractivity contribution < 1.29 is 28.3 Å². The molecule has 10 nitrogen and oxygen atoms in total. The number of furan rings is 1. The Balaban J connectivity index is 1.38. The van der Waals surface area contributed by atoms with Gasteiger partial charge in [-0.1, -0.05) is 12.8 Å². The number of nitrogens with one attached hydrogen (secondary N) is 2. The number of carbonyl (C=O) groups excluding carboxylic acids is 4. The molecule has 10 heteroatoms. The van der Waals surface area contributed by atoms with Crippen molar-refractivity contribution in [3.05, 3.63) is 48.4 Å². The molecule has 2 unspecified atom stereocenters. The normalized spacial score (nSPS) is 19.6. The maximum absolute atomic E-state index is 13.3. The Morgan fingerprint density at radius 3 is 2.58 bits per heavy atom. The SMILES string of the molecule is CCOc1ccc(NC(=O)CN2C(=O)N(CCC(=O)NCc3ccco3)C(=O)C3CCCCC32)cc1. The summed E-state index contributed by atoms with van der Waals surface area (Å²) in [5.74, 6) is 0.0600. The Kier molecular flexibility index (Phi) is 8.24. The number of urea groups is 1. The molecule has 5 amide bonds. The monoisotopic (exact) mass is 496 g/mol. The third-order valence-corrected chi connectivity index (χ3v) is 6.56. The van der Waals surface area contributed by atoms with Crippen molar-refractivity contribution in [3.8, 4) is 5.75 Å². The van der Waals surface area contributed by atoms with Crippen molar-refractivity contribution in [2.45, 2.75) is 51.6 Å². The van der Waals surface area contributed by atoms with E-state index in [1.165, 1.54) is 11.2 Å². The van der Waals surface area contributed by atoms with Gasteiger partial charge in [0, 0.05) is 24.7 Å². The van der Waals surface area contributed by atoms with E-state index >= 15 is 0 Å². The molecule has 4 rings (SSSR count). The molecule has 0 bridgehead atoms. The Bertz CT molecular complexity index is 1070. The van der Waals surface area contributed by atoms with Gasteiger partial charge in [-0.25, -0.2) is 4.79 Å². The number of rotatable bonds is 10. The van der Waals surface area contributed by atoms with E-state index in [2.05, 4.69) is 10.6 Å². The highest BCUT2D eigenvalue weighted by Gasteiger charge is 2.47. The van der Waals surface area contributed by atoms with Gasteiger partial charge in [0.25, 0.3) is 0 Å². The summed E-state index contributed by atoms with van der Waals surface area (Å²) in [6.45, 7) is 2.47. The lowest BCUT2D eigenvalue weighted by Crippen LogP contribution is -2.63. The van der Waals surface area contributed by atoms with Crippen LogP contribution in [0.15, 0.2) is 47.1 Å². The minimum Gasteiger partial charge on any atom is -0.494 e. The highest BCUT2D eigenvalue weighted by Crippen LogP contribution is 2.34. The van der Waals surface area contributed by atoms with Crippen molar-refractivity contribution in [2.75, 3.05) is 25.0 Å². The molecule has 0 spiro atoms. The van der Waals surface area contributed by atoms with Crippen molar-refractivity contribution in [1.29, 1.82) is 0 Å². The summed E-state index contributed by atoms with van der Waals surface area (Å²) in [5, 5.41) is 5.54. The first kappa shape index (κ1) is 25.3. The molecule has 36 heavy (non-hydrogen) atoms. The van der Waals surface area contributed by atoms with Crippen LogP contribution in [0, 0.1) is 5.92 Å². The van der Waals surface area contributed by atoms with Crippen LogP contribution in [-0.2, 0) is 20.9 Å². The maximum atomic E-state index is 13.3. The summed E-state index contributed by atoms with van der Waals surface area (Å²) in [4.78, 5) is 54.3. The first-order valence-corrected chi connectivity index (χ1v) is 12.4. The molecule has 1 aromatic carbocycles. The van der Waals surface area contributed by atoms with Gasteiger partial charge in [-0.05, 0) is 56.2 Å². The molecule has 1 aliphatic carbocycles. The van der Waals surface area contributed by atoms with Crippen LogP contribution >= 0.6 is 0 Å². The summed E-state index contributed by atoms with van der Waals surface area (Å²) in [6.07, 6.45) is 4.62. The van der Waals surface area contributed by atoms with Crippen LogP contribution in [0.25, 0.3) is 0 Å². The van der Waals surface area contributed by atoms with Gasteiger partial charge in [0.05, 0.1) is 25.3 Å². The smallest absolute Gasteiger partial charge is 0.327 e. The van der Waals surface area contributed by atoms with Gasteiger partial charge in [0.2, 0.25) is 17.7 Å². The number of carbonyl (C=O) groups is 4. The standard InChI is InChI=1S/C26H32N4O6/c1-2-35-19-11-9-18(10-12-19)28-24(32)17-30-22-8-4-3-7-21(22)25(33)29(26(30)34)14-13-23(31)27-16-20-6-5-15-36-20/h5-6,9-12,15,21-22H,2-4,7-8,13-14,16-17H2,1H3,(H,27,31)(H,28,32). The number of nitrogens with zero attached hydrogens (tertiary/aromatic N) is 2. The van der Waals surface area contributed by atoms with Crippen LogP contribution in [0.2, 0.25) is 0 Å². The van der Waals surface area contributed by atoms with E-state index in [4.69, 9.17) is 9.15 Å². The number of imide groups is 1. The fourth-order valence-corrected chi connectivity index (χ4v) is 4.81. The molecule has 2 aromatic rings. The van der Waals surface area contributed by atoms with Gasteiger partial charge >= 0.3 is 6.03 Å². The molecule has 1 aromatic heterocycles. The molecule has 1 saturated carbocycles. The zero-order chi connectivity index (χ0) is 25.5. The first-order valence-electron chi connectivity index (χ1n) is 12.4. The van der Waals surface area contributed by atoms with Crippen LogP contribution in [0.3, 0.4) is 0 Å². The predicted molar refractivity (Wildman–Crippen MR) is 131 cm³/mol. The minimum atomic E-state index is -0.524. The number of anilines is 1. The number of hydrogen-bond acceptors (Lipinski definition) is 6. The van der Waals surface area contributed by atoms with Crippen LogP contribution in [0.5, 0.6) is 5.75 Å². The fraction of sp³-hybridized carbons (Fsp3) is 0.462. The van der Waals surface area contributed by atoms with E-state index in [-0.39, 0.29) is 55.7 Å². The second-order valence-corrected chi connectivity index (χ2v) is 8.97. The van der Waals surface area contributed by atoms with Gasteiger partial charge in [0.15, 0.2) is 0 Å². The quantitative estimate of drug-likeness (QED) is 0.521. The molecule has 2 heterocycles. The molecule has 2 N–H and O–H groups in total. The topological polar surface area (TPSA) is 121 Å². The van der Waals surface area contributed by atoms with Gasteiger partial charge in [-0.2, -0.15) is 0 Å². The third kappa shape index (κ3) is 6.05.